The van der Waals surface area contributed by atoms with Crippen LogP contribution in [-0.2, 0) is 23.0 Å². The Morgan fingerprint density at radius 1 is 1.14 bits per heavy atom. The summed E-state index contributed by atoms with van der Waals surface area (Å²) < 4.78 is 11.4. The molecule has 0 spiro atoms. The van der Waals surface area contributed by atoms with E-state index >= 15 is 0 Å². The Labute approximate surface area is 172 Å². The summed E-state index contributed by atoms with van der Waals surface area (Å²) in [7, 11) is -0.942. The lowest BCUT2D eigenvalue weighted by molar-refractivity contribution is 0.102. The fraction of sp³-hybridized carbons (Fsp3) is 0.273. The van der Waals surface area contributed by atoms with Crippen molar-refractivity contribution in [1.82, 2.24) is 4.98 Å². The van der Waals surface area contributed by atoms with Crippen LogP contribution < -0.4 is 5.32 Å². The van der Waals surface area contributed by atoms with Crippen LogP contribution in [0.2, 0.25) is 0 Å². The summed E-state index contributed by atoms with van der Waals surface area (Å²) in [6, 6.07) is 15.7. The van der Waals surface area contributed by atoms with Gasteiger partial charge in [0.15, 0.2) is 5.13 Å². The fourth-order valence-electron chi connectivity index (χ4n) is 3.04. The minimum Gasteiger partial charge on any atom is -0.298 e. The Hall–Kier alpha value is -2.31. The number of aryl methyl sites for hydroxylation is 2. The highest BCUT2D eigenvalue weighted by Gasteiger charge is 2.14. The molecule has 0 aliphatic rings. The number of hydrogen-bond donors (Lipinski definition) is 1. The second-order valence-electron chi connectivity index (χ2n) is 6.74. The Balaban J connectivity index is 1.76. The third kappa shape index (κ3) is 5.14. The average Bonchev–Trinajstić information content (AvgIpc) is 3.02. The molecule has 0 bridgehead atoms. The van der Waals surface area contributed by atoms with Crippen LogP contribution in [0.15, 0.2) is 48.5 Å². The number of rotatable bonds is 7. The number of amides is 1. The first-order valence-electron chi connectivity index (χ1n) is 9.23. The Morgan fingerprint density at radius 3 is 2.57 bits per heavy atom. The first-order chi connectivity index (χ1) is 13.5. The molecular weight excluding hydrogens is 388 g/mol. The van der Waals surface area contributed by atoms with Crippen LogP contribution in [0.1, 0.15) is 39.7 Å². The molecule has 0 radical (unpaired) electrons. The first kappa shape index (κ1) is 20.4. The number of anilines is 1. The lowest BCUT2D eigenvalue weighted by Gasteiger charge is -2.04. The van der Waals surface area contributed by atoms with Gasteiger partial charge in [-0.3, -0.25) is 14.3 Å². The van der Waals surface area contributed by atoms with Gasteiger partial charge in [0, 0.05) is 38.8 Å². The maximum absolute atomic E-state index is 12.6. The summed E-state index contributed by atoms with van der Waals surface area (Å²) in [5, 5.41) is 3.48. The molecule has 4 nitrogen and oxygen atoms in total. The Bertz CT molecular complexity index is 994. The number of nitrogens with one attached hydrogen (secondary N) is 1. The topological polar surface area (TPSA) is 59.1 Å². The van der Waals surface area contributed by atoms with Crippen molar-refractivity contribution in [2.75, 3.05) is 11.6 Å². The van der Waals surface area contributed by atoms with Crippen LogP contribution in [0.4, 0.5) is 5.13 Å². The number of carbonyl (C=O) groups is 1. The molecule has 1 atom stereocenters. The van der Waals surface area contributed by atoms with E-state index in [1.807, 2.05) is 19.1 Å². The van der Waals surface area contributed by atoms with Gasteiger partial charge in [0.25, 0.3) is 5.91 Å². The molecule has 1 amide bonds. The van der Waals surface area contributed by atoms with Gasteiger partial charge in [0.1, 0.15) is 0 Å². The van der Waals surface area contributed by atoms with Gasteiger partial charge in [-0.1, -0.05) is 49.7 Å². The van der Waals surface area contributed by atoms with E-state index in [9.17, 15) is 9.00 Å². The van der Waals surface area contributed by atoms with Crippen LogP contribution in [0.5, 0.6) is 0 Å². The lowest BCUT2D eigenvalue weighted by Crippen LogP contribution is -2.12. The average molecular weight is 413 g/mol. The molecule has 0 fully saturated rings. The molecule has 1 unspecified atom stereocenters. The van der Waals surface area contributed by atoms with E-state index in [0.29, 0.717) is 16.4 Å². The van der Waals surface area contributed by atoms with Gasteiger partial charge < -0.3 is 0 Å². The highest BCUT2D eigenvalue weighted by Crippen LogP contribution is 2.31. The van der Waals surface area contributed by atoms with Gasteiger partial charge >= 0.3 is 0 Å². The van der Waals surface area contributed by atoms with Crippen molar-refractivity contribution in [2.24, 2.45) is 0 Å². The lowest BCUT2D eigenvalue weighted by atomic mass is 10.1. The zero-order chi connectivity index (χ0) is 20.1. The van der Waals surface area contributed by atoms with Crippen LogP contribution in [0.25, 0.3) is 11.3 Å². The Morgan fingerprint density at radius 2 is 1.89 bits per heavy atom. The minimum absolute atomic E-state index is 0.206. The van der Waals surface area contributed by atoms with E-state index in [1.165, 1.54) is 16.9 Å². The van der Waals surface area contributed by atoms with Crippen molar-refractivity contribution < 1.29 is 9.00 Å². The zero-order valence-corrected chi connectivity index (χ0v) is 18.0. The van der Waals surface area contributed by atoms with E-state index in [-0.39, 0.29) is 5.91 Å². The second-order valence-corrected chi connectivity index (χ2v) is 9.38. The van der Waals surface area contributed by atoms with Gasteiger partial charge in [0.2, 0.25) is 0 Å². The quantitative estimate of drug-likeness (QED) is 0.580. The van der Waals surface area contributed by atoms with Crippen molar-refractivity contribution in [2.45, 2.75) is 32.4 Å². The zero-order valence-electron chi connectivity index (χ0n) is 16.3. The summed E-state index contributed by atoms with van der Waals surface area (Å²) in [5.41, 5.74) is 4.71. The number of carbonyl (C=O) groups excluding carboxylic acids is 1. The standard InChI is InChI=1S/C22H24N2O2S2/c1-4-6-16-9-11-18(12-10-16)20-15(2)27-22(23-20)24-21(25)19-8-5-7-17(13-19)14-28(3)26/h5,7-13H,4,6,14H2,1-3H3,(H,23,24,25). The molecule has 2 aromatic carbocycles. The molecule has 1 heterocycles. The molecule has 28 heavy (non-hydrogen) atoms. The van der Waals surface area contributed by atoms with Gasteiger partial charge in [0.05, 0.1) is 5.69 Å². The predicted molar refractivity (Wildman–Crippen MR) is 118 cm³/mol. The van der Waals surface area contributed by atoms with Gasteiger partial charge in [-0.15, -0.1) is 11.3 Å². The second kappa shape index (κ2) is 9.26. The summed E-state index contributed by atoms with van der Waals surface area (Å²) in [5.74, 6) is 0.234. The number of nitrogens with zero attached hydrogens (tertiary/aromatic N) is 1. The summed E-state index contributed by atoms with van der Waals surface area (Å²) >= 11 is 1.47. The van der Waals surface area contributed by atoms with Gasteiger partial charge in [-0.2, -0.15) is 0 Å². The van der Waals surface area contributed by atoms with Crippen molar-refractivity contribution in [3.8, 4) is 11.3 Å². The summed E-state index contributed by atoms with van der Waals surface area (Å²) in [6.45, 7) is 4.19. The summed E-state index contributed by atoms with van der Waals surface area (Å²) in [4.78, 5) is 18.3. The Kier molecular flexibility index (Phi) is 6.75. The van der Waals surface area contributed by atoms with Crippen LogP contribution in [-0.4, -0.2) is 21.4 Å². The van der Waals surface area contributed by atoms with Crippen molar-refractivity contribution >= 4 is 33.2 Å². The molecule has 0 aliphatic heterocycles. The predicted octanol–water partition coefficient (Wildman–Crippen LogP) is 5.20. The molecule has 0 saturated heterocycles. The molecule has 3 aromatic rings. The molecule has 1 N–H and O–H groups in total. The first-order valence-corrected chi connectivity index (χ1v) is 11.8. The fourth-order valence-corrected chi connectivity index (χ4v) is 4.52. The minimum atomic E-state index is -0.942. The normalized spacial score (nSPS) is 12.0. The highest BCUT2D eigenvalue weighted by molar-refractivity contribution is 7.83. The maximum Gasteiger partial charge on any atom is 0.257 e. The third-order valence-corrected chi connectivity index (χ3v) is 5.97. The molecule has 0 aliphatic carbocycles. The number of hydrogen-bond acceptors (Lipinski definition) is 4. The third-order valence-electron chi connectivity index (χ3n) is 4.34. The van der Waals surface area contributed by atoms with E-state index in [2.05, 4.69) is 41.5 Å². The van der Waals surface area contributed by atoms with Gasteiger partial charge in [-0.05, 0) is 36.6 Å². The molecule has 3 rings (SSSR count). The van der Waals surface area contributed by atoms with Gasteiger partial charge in [-0.25, -0.2) is 4.98 Å². The van der Waals surface area contributed by atoms with E-state index in [4.69, 9.17) is 0 Å². The number of thiazole rings is 1. The van der Waals surface area contributed by atoms with Crippen molar-refractivity contribution in [3.05, 3.63) is 70.1 Å². The summed E-state index contributed by atoms with van der Waals surface area (Å²) in [6.07, 6.45) is 3.85. The van der Waals surface area contributed by atoms with Crippen molar-refractivity contribution in [3.63, 3.8) is 0 Å². The van der Waals surface area contributed by atoms with Crippen LogP contribution >= 0.6 is 11.3 Å². The molecule has 0 saturated carbocycles. The van der Waals surface area contributed by atoms with Crippen LogP contribution in [0, 0.1) is 6.92 Å². The smallest absolute Gasteiger partial charge is 0.257 e. The number of benzene rings is 2. The molecule has 146 valence electrons. The van der Waals surface area contributed by atoms with E-state index < -0.39 is 10.8 Å². The SMILES string of the molecule is CCCc1ccc(-c2nc(NC(=O)c3cccc(CS(C)=O)c3)sc2C)cc1. The number of aromatic nitrogens is 1. The van der Waals surface area contributed by atoms with E-state index in [0.717, 1.165) is 34.5 Å². The molecular formula is C22H24N2O2S2. The maximum atomic E-state index is 12.6. The largest absolute Gasteiger partial charge is 0.298 e. The molecule has 6 heteroatoms. The monoisotopic (exact) mass is 412 g/mol. The van der Waals surface area contributed by atoms with Crippen LogP contribution in [0.3, 0.4) is 0 Å². The van der Waals surface area contributed by atoms with Crippen molar-refractivity contribution in [1.29, 1.82) is 0 Å². The van der Waals surface area contributed by atoms with E-state index in [1.54, 1.807) is 18.4 Å². The molecule has 1 aromatic heterocycles. The highest BCUT2D eigenvalue weighted by atomic mass is 32.2.